The number of aromatic nitrogens is 1. The molecule has 0 bridgehead atoms. The van der Waals surface area contributed by atoms with E-state index >= 15 is 0 Å². The van der Waals surface area contributed by atoms with Crippen LogP contribution < -0.4 is 5.73 Å². The van der Waals surface area contributed by atoms with Crippen LogP contribution in [0.4, 0.5) is 5.69 Å². The second-order valence-electron chi connectivity index (χ2n) is 2.37. The van der Waals surface area contributed by atoms with Crippen LogP contribution in [0.1, 0.15) is 18.5 Å². The van der Waals surface area contributed by atoms with E-state index in [0.29, 0.717) is 5.69 Å². The number of hydrogen-bond acceptors (Lipinski definition) is 3. The predicted octanol–water partition coefficient (Wildman–Crippen LogP) is 1.29. The van der Waals surface area contributed by atoms with Crippen molar-refractivity contribution in [1.29, 1.82) is 5.26 Å². The monoisotopic (exact) mass is 147 g/mol. The van der Waals surface area contributed by atoms with Gasteiger partial charge in [0, 0.05) is 0 Å². The van der Waals surface area contributed by atoms with Crippen molar-refractivity contribution in [3.63, 3.8) is 0 Å². The molecule has 0 saturated heterocycles. The third-order valence-electron chi connectivity index (χ3n) is 1.45. The van der Waals surface area contributed by atoms with Crippen molar-refractivity contribution >= 4 is 5.69 Å². The van der Waals surface area contributed by atoms with E-state index in [1.54, 1.807) is 25.3 Å². The minimum atomic E-state index is -0.157. The van der Waals surface area contributed by atoms with E-state index in [1.807, 2.05) is 0 Å². The smallest absolute Gasteiger partial charge is 0.0856 e. The predicted molar refractivity (Wildman–Crippen MR) is 42.7 cm³/mol. The van der Waals surface area contributed by atoms with Gasteiger partial charge in [-0.3, -0.25) is 4.98 Å². The molecule has 0 fully saturated rings. The van der Waals surface area contributed by atoms with Crippen molar-refractivity contribution in [3.05, 3.63) is 24.0 Å². The first-order valence-electron chi connectivity index (χ1n) is 3.35. The first-order chi connectivity index (χ1) is 5.24. The van der Waals surface area contributed by atoms with E-state index in [0.717, 1.165) is 5.69 Å². The van der Waals surface area contributed by atoms with Gasteiger partial charge in [0.05, 0.1) is 29.6 Å². The van der Waals surface area contributed by atoms with E-state index in [1.165, 1.54) is 0 Å². The summed E-state index contributed by atoms with van der Waals surface area (Å²) in [5, 5.41) is 8.54. The van der Waals surface area contributed by atoms with Crippen molar-refractivity contribution in [1.82, 2.24) is 4.98 Å². The summed E-state index contributed by atoms with van der Waals surface area (Å²) in [6.07, 6.45) is 1.56. The fourth-order valence-corrected chi connectivity index (χ4v) is 0.739. The molecular formula is C8H9N3. The maximum atomic E-state index is 8.54. The second-order valence-corrected chi connectivity index (χ2v) is 2.37. The quantitative estimate of drug-likeness (QED) is 0.651. The molecule has 56 valence electrons. The molecule has 0 aromatic carbocycles. The number of anilines is 1. The lowest BCUT2D eigenvalue weighted by Gasteiger charge is -2.00. The van der Waals surface area contributed by atoms with Crippen molar-refractivity contribution < 1.29 is 0 Å². The van der Waals surface area contributed by atoms with Gasteiger partial charge in [-0.15, -0.1) is 0 Å². The Bertz CT molecular complexity index is 270. The lowest BCUT2D eigenvalue weighted by Crippen LogP contribution is -1.94. The van der Waals surface area contributed by atoms with Crippen LogP contribution in [0.25, 0.3) is 0 Å². The molecule has 1 rings (SSSR count). The zero-order chi connectivity index (χ0) is 8.27. The maximum absolute atomic E-state index is 8.54. The van der Waals surface area contributed by atoms with Crippen LogP contribution in [0.2, 0.25) is 0 Å². The van der Waals surface area contributed by atoms with Crippen LogP contribution in [0.15, 0.2) is 18.3 Å². The van der Waals surface area contributed by atoms with E-state index < -0.39 is 0 Å². The number of rotatable bonds is 1. The summed E-state index contributed by atoms with van der Waals surface area (Å²) in [5.74, 6) is -0.157. The van der Waals surface area contributed by atoms with Crippen molar-refractivity contribution in [2.45, 2.75) is 12.8 Å². The average molecular weight is 147 g/mol. The molecule has 0 radical (unpaired) electrons. The molecule has 0 aliphatic rings. The Morgan fingerprint density at radius 1 is 1.64 bits per heavy atom. The van der Waals surface area contributed by atoms with Crippen LogP contribution in [0.3, 0.4) is 0 Å². The number of hydrogen-bond donors (Lipinski definition) is 1. The molecule has 1 unspecified atom stereocenters. The Morgan fingerprint density at radius 2 is 2.36 bits per heavy atom. The summed E-state index contributed by atoms with van der Waals surface area (Å²) < 4.78 is 0. The van der Waals surface area contributed by atoms with Gasteiger partial charge < -0.3 is 5.73 Å². The van der Waals surface area contributed by atoms with Crippen LogP contribution in [-0.4, -0.2) is 4.98 Å². The van der Waals surface area contributed by atoms with E-state index in [9.17, 15) is 0 Å². The Balaban J connectivity index is 2.92. The Morgan fingerprint density at radius 3 is 2.82 bits per heavy atom. The standard InChI is InChI=1S/C8H9N3/c1-6(4-9)8-3-2-7(10)5-11-8/h2-3,5-6H,10H2,1H3. The molecule has 3 heteroatoms. The summed E-state index contributed by atoms with van der Waals surface area (Å²) >= 11 is 0. The molecule has 11 heavy (non-hydrogen) atoms. The zero-order valence-corrected chi connectivity index (χ0v) is 6.28. The molecule has 0 aliphatic heterocycles. The van der Waals surface area contributed by atoms with Crippen molar-refractivity contribution in [2.24, 2.45) is 0 Å². The first-order valence-corrected chi connectivity index (χ1v) is 3.35. The normalized spacial score (nSPS) is 12.0. The largest absolute Gasteiger partial charge is 0.397 e. The number of nitrogen functional groups attached to an aromatic ring is 1. The van der Waals surface area contributed by atoms with Gasteiger partial charge in [0.2, 0.25) is 0 Å². The van der Waals surface area contributed by atoms with Gasteiger partial charge in [-0.2, -0.15) is 5.26 Å². The Hall–Kier alpha value is -1.56. The van der Waals surface area contributed by atoms with E-state index in [-0.39, 0.29) is 5.92 Å². The maximum Gasteiger partial charge on any atom is 0.0856 e. The number of pyridine rings is 1. The molecule has 1 aromatic rings. The molecule has 0 spiro atoms. The van der Waals surface area contributed by atoms with Crippen molar-refractivity contribution in [3.8, 4) is 6.07 Å². The second kappa shape index (κ2) is 3.02. The Kier molecular flexibility index (Phi) is 2.07. The number of nitrogens with zero attached hydrogens (tertiary/aromatic N) is 2. The van der Waals surface area contributed by atoms with Crippen LogP contribution in [0.5, 0.6) is 0 Å². The lowest BCUT2D eigenvalue weighted by atomic mass is 10.1. The van der Waals surface area contributed by atoms with E-state index in [2.05, 4.69) is 11.1 Å². The molecule has 2 N–H and O–H groups in total. The highest BCUT2D eigenvalue weighted by Gasteiger charge is 2.02. The minimum Gasteiger partial charge on any atom is -0.397 e. The minimum absolute atomic E-state index is 0.157. The zero-order valence-electron chi connectivity index (χ0n) is 6.28. The fourth-order valence-electron chi connectivity index (χ4n) is 0.739. The molecule has 1 heterocycles. The number of nitrogens with two attached hydrogens (primary N) is 1. The molecule has 0 amide bonds. The summed E-state index contributed by atoms with van der Waals surface area (Å²) in [4.78, 5) is 4.00. The third kappa shape index (κ3) is 1.68. The molecule has 3 nitrogen and oxygen atoms in total. The van der Waals surface area contributed by atoms with Crippen LogP contribution >= 0.6 is 0 Å². The van der Waals surface area contributed by atoms with Gasteiger partial charge in [-0.05, 0) is 19.1 Å². The highest BCUT2D eigenvalue weighted by Crippen LogP contribution is 2.11. The van der Waals surface area contributed by atoms with E-state index in [4.69, 9.17) is 11.0 Å². The topological polar surface area (TPSA) is 62.7 Å². The van der Waals surface area contributed by atoms with Crippen LogP contribution in [-0.2, 0) is 0 Å². The first kappa shape index (κ1) is 7.55. The molecule has 0 saturated carbocycles. The van der Waals surface area contributed by atoms with Gasteiger partial charge >= 0.3 is 0 Å². The fraction of sp³-hybridized carbons (Fsp3) is 0.250. The highest BCUT2D eigenvalue weighted by molar-refractivity contribution is 5.35. The average Bonchev–Trinajstić information content (AvgIpc) is 2.05. The van der Waals surface area contributed by atoms with Gasteiger partial charge in [0.15, 0.2) is 0 Å². The number of nitriles is 1. The summed E-state index contributed by atoms with van der Waals surface area (Å²) in [5.41, 5.74) is 6.81. The summed E-state index contributed by atoms with van der Waals surface area (Å²) in [7, 11) is 0. The highest BCUT2D eigenvalue weighted by atomic mass is 14.7. The van der Waals surface area contributed by atoms with Crippen molar-refractivity contribution in [2.75, 3.05) is 5.73 Å². The molecule has 1 aromatic heterocycles. The lowest BCUT2D eigenvalue weighted by molar-refractivity contribution is 0.921. The van der Waals surface area contributed by atoms with Gasteiger partial charge in [-0.1, -0.05) is 0 Å². The van der Waals surface area contributed by atoms with Crippen LogP contribution in [0, 0.1) is 11.3 Å². The third-order valence-corrected chi connectivity index (χ3v) is 1.45. The summed E-state index contributed by atoms with van der Waals surface area (Å²) in [6, 6.07) is 5.61. The SMILES string of the molecule is CC(C#N)c1ccc(N)cn1. The molecule has 1 atom stereocenters. The molecular weight excluding hydrogens is 138 g/mol. The van der Waals surface area contributed by atoms with Gasteiger partial charge in [-0.25, -0.2) is 0 Å². The van der Waals surface area contributed by atoms with Gasteiger partial charge in [0.1, 0.15) is 0 Å². The van der Waals surface area contributed by atoms with Gasteiger partial charge in [0.25, 0.3) is 0 Å². The molecule has 0 aliphatic carbocycles. The summed E-state index contributed by atoms with van der Waals surface area (Å²) in [6.45, 7) is 1.80. The Labute approximate surface area is 65.5 Å².